The van der Waals surface area contributed by atoms with Gasteiger partial charge in [-0.2, -0.15) is 18.2 Å². The Labute approximate surface area is 198 Å². The standard InChI is InChI=1S/C23H21F3N8O/c1-27-21-28-12-11-18(31-21)14-7-9-17(10-8-14)30-22-32-19(33-34(22)2)15-3-5-16(6-4-15)20(35)29-13-23(24,25)26/h3-12H,13H2,1-2H3,(H,29,35)(H,27,28,31)(H,30,32,33). The quantitative estimate of drug-likeness (QED) is 0.365. The van der Waals surface area contributed by atoms with Gasteiger partial charge in [0.1, 0.15) is 6.54 Å². The maximum atomic E-state index is 12.3. The van der Waals surface area contributed by atoms with E-state index in [4.69, 9.17) is 0 Å². The van der Waals surface area contributed by atoms with Gasteiger partial charge in [-0.05, 0) is 30.3 Å². The van der Waals surface area contributed by atoms with Gasteiger partial charge in [0.05, 0.1) is 5.69 Å². The smallest absolute Gasteiger partial charge is 0.357 e. The van der Waals surface area contributed by atoms with Gasteiger partial charge in [0.15, 0.2) is 5.82 Å². The maximum Gasteiger partial charge on any atom is 0.405 e. The normalized spacial score (nSPS) is 11.2. The third-order valence-electron chi connectivity index (χ3n) is 4.93. The summed E-state index contributed by atoms with van der Waals surface area (Å²) >= 11 is 0. The Hall–Kier alpha value is -4.48. The molecule has 2 aromatic carbocycles. The molecule has 1 amide bonds. The van der Waals surface area contributed by atoms with Gasteiger partial charge in [-0.3, -0.25) is 4.79 Å². The third-order valence-corrected chi connectivity index (χ3v) is 4.93. The largest absolute Gasteiger partial charge is 0.405 e. The van der Waals surface area contributed by atoms with Gasteiger partial charge in [0, 0.05) is 42.7 Å². The number of anilines is 3. The highest BCUT2D eigenvalue weighted by molar-refractivity contribution is 5.94. The van der Waals surface area contributed by atoms with Gasteiger partial charge in [-0.15, -0.1) is 5.10 Å². The lowest BCUT2D eigenvalue weighted by Crippen LogP contribution is -2.33. The van der Waals surface area contributed by atoms with Crippen LogP contribution in [0.15, 0.2) is 60.8 Å². The molecule has 0 aliphatic rings. The first-order chi connectivity index (χ1) is 16.7. The summed E-state index contributed by atoms with van der Waals surface area (Å²) in [6.45, 7) is -1.39. The SMILES string of the molecule is CNc1nccc(-c2ccc(Nc3nc(-c4ccc(C(=O)NCC(F)(F)F)cc4)nn3C)cc2)n1. The van der Waals surface area contributed by atoms with Gasteiger partial charge in [-0.1, -0.05) is 24.3 Å². The number of nitrogens with one attached hydrogen (secondary N) is 3. The average molecular weight is 482 g/mol. The minimum Gasteiger partial charge on any atom is -0.357 e. The van der Waals surface area contributed by atoms with Crippen LogP contribution < -0.4 is 16.0 Å². The summed E-state index contributed by atoms with van der Waals surface area (Å²) in [4.78, 5) is 24.9. The first-order valence-electron chi connectivity index (χ1n) is 10.5. The molecule has 0 aliphatic heterocycles. The fourth-order valence-electron chi connectivity index (χ4n) is 3.16. The van der Waals surface area contributed by atoms with E-state index < -0.39 is 18.6 Å². The second-order valence-electron chi connectivity index (χ2n) is 7.48. The van der Waals surface area contributed by atoms with E-state index in [0.29, 0.717) is 23.3 Å². The molecule has 0 bridgehead atoms. The fourth-order valence-corrected chi connectivity index (χ4v) is 3.16. The number of carbonyl (C=O) groups is 1. The number of amides is 1. The Bertz CT molecular complexity index is 1320. The lowest BCUT2D eigenvalue weighted by atomic mass is 10.1. The molecule has 0 saturated heterocycles. The van der Waals surface area contributed by atoms with Gasteiger partial charge < -0.3 is 16.0 Å². The minimum atomic E-state index is -4.47. The van der Waals surface area contributed by atoms with Crippen LogP contribution in [0.5, 0.6) is 0 Å². The molecule has 0 radical (unpaired) electrons. The van der Waals surface area contributed by atoms with Crippen molar-refractivity contribution in [2.24, 2.45) is 7.05 Å². The highest BCUT2D eigenvalue weighted by Gasteiger charge is 2.27. The summed E-state index contributed by atoms with van der Waals surface area (Å²) in [6, 6.07) is 15.5. The summed E-state index contributed by atoms with van der Waals surface area (Å²) in [5.41, 5.74) is 3.22. The Morgan fingerprint density at radius 2 is 1.66 bits per heavy atom. The molecule has 2 heterocycles. The molecule has 0 aliphatic carbocycles. The molecule has 35 heavy (non-hydrogen) atoms. The van der Waals surface area contributed by atoms with Crippen LogP contribution in [0, 0.1) is 0 Å². The zero-order valence-electron chi connectivity index (χ0n) is 18.8. The first kappa shape index (κ1) is 23.7. The molecule has 3 N–H and O–H groups in total. The molecule has 0 spiro atoms. The number of aromatic nitrogens is 5. The second kappa shape index (κ2) is 9.79. The van der Waals surface area contributed by atoms with E-state index in [0.717, 1.165) is 16.9 Å². The van der Waals surface area contributed by atoms with Crippen molar-refractivity contribution < 1.29 is 18.0 Å². The monoisotopic (exact) mass is 482 g/mol. The molecule has 2 aromatic heterocycles. The van der Waals surface area contributed by atoms with Crippen molar-refractivity contribution in [3.05, 3.63) is 66.4 Å². The van der Waals surface area contributed by atoms with Gasteiger partial charge in [0.25, 0.3) is 5.91 Å². The van der Waals surface area contributed by atoms with Crippen LogP contribution in [-0.2, 0) is 7.05 Å². The summed E-state index contributed by atoms with van der Waals surface area (Å²) in [7, 11) is 3.48. The summed E-state index contributed by atoms with van der Waals surface area (Å²) in [5.74, 6) is 0.609. The Kier molecular flexibility index (Phi) is 6.62. The first-order valence-corrected chi connectivity index (χ1v) is 10.5. The molecular formula is C23H21F3N8O. The van der Waals surface area contributed by atoms with E-state index >= 15 is 0 Å². The van der Waals surface area contributed by atoms with E-state index in [1.54, 1.807) is 37.1 Å². The van der Waals surface area contributed by atoms with Crippen LogP contribution in [-0.4, -0.2) is 50.4 Å². The number of alkyl halides is 3. The van der Waals surface area contributed by atoms with E-state index in [1.807, 2.05) is 35.6 Å². The molecule has 180 valence electrons. The van der Waals surface area contributed by atoms with Crippen LogP contribution in [0.3, 0.4) is 0 Å². The number of hydrogen-bond acceptors (Lipinski definition) is 7. The average Bonchev–Trinajstić information content (AvgIpc) is 3.22. The van der Waals surface area contributed by atoms with Crippen LogP contribution in [0.1, 0.15) is 10.4 Å². The second-order valence-corrected chi connectivity index (χ2v) is 7.48. The molecular weight excluding hydrogens is 461 g/mol. The van der Waals surface area contributed by atoms with Gasteiger partial charge in [-0.25, -0.2) is 14.6 Å². The van der Waals surface area contributed by atoms with Crippen LogP contribution >= 0.6 is 0 Å². The lowest BCUT2D eigenvalue weighted by Gasteiger charge is -2.08. The maximum absolute atomic E-state index is 12.3. The van der Waals surface area contributed by atoms with E-state index in [9.17, 15) is 18.0 Å². The number of benzene rings is 2. The van der Waals surface area contributed by atoms with E-state index in [1.165, 1.54) is 12.1 Å². The molecule has 4 rings (SSSR count). The predicted octanol–water partition coefficient (Wildman–Crippen LogP) is 4.02. The highest BCUT2D eigenvalue weighted by atomic mass is 19.4. The van der Waals surface area contributed by atoms with Crippen molar-refractivity contribution in [3.63, 3.8) is 0 Å². The lowest BCUT2D eigenvalue weighted by molar-refractivity contribution is -0.123. The van der Waals surface area contributed by atoms with E-state index in [-0.39, 0.29) is 5.56 Å². The number of halogens is 3. The third kappa shape index (κ3) is 5.91. The number of hydrogen-bond donors (Lipinski definition) is 3. The fraction of sp³-hybridized carbons (Fsp3) is 0.174. The topological polar surface area (TPSA) is 110 Å². The van der Waals surface area contributed by atoms with Gasteiger partial charge >= 0.3 is 6.18 Å². The Balaban J connectivity index is 1.44. The molecule has 9 nitrogen and oxygen atoms in total. The number of rotatable bonds is 7. The van der Waals surface area contributed by atoms with Crippen molar-refractivity contribution in [1.29, 1.82) is 0 Å². The van der Waals surface area contributed by atoms with Crippen molar-refractivity contribution in [2.45, 2.75) is 6.18 Å². The predicted molar refractivity (Wildman–Crippen MR) is 125 cm³/mol. The van der Waals surface area contributed by atoms with Crippen LogP contribution in [0.25, 0.3) is 22.6 Å². The molecule has 0 saturated carbocycles. The molecule has 0 atom stereocenters. The van der Waals surface area contributed by atoms with E-state index in [2.05, 4.69) is 30.7 Å². The Morgan fingerprint density at radius 1 is 0.971 bits per heavy atom. The molecule has 12 heteroatoms. The number of carbonyl (C=O) groups excluding carboxylic acids is 1. The zero-order chi connectivity index (χ0) is 25.0. The highest BCUT2D eigenvalue weighted by Crippen LogP contribution is 2.24. The summed E-state index contributed by atoms with van der Waals surface area (Å²) in [5, 5.41) is 12.3. The molecule has 0 fully saturated rings. The van der Waals surface area contributed by atoms with Crippen LogP contribution in [0.4, 0.5) is 30.8 Å². The minimum absolute atomic E-state index is 0.109. The van der Waals surface area contributed by atoms with Crippen molar-refractivity contribution >= 4 is 23.5 Å². The van der Waals surface area contributed by atoms with Gasteiger partial charge in [0.2, 0.25) is 11.9 Å². The van der Waals surface area contributed by atoms with Crippen molar-refractivity contribution in [2.75, 3.05) is 24.2 Å². The number of aryl methyl sites for hydroxylation is 1. The van der Waals surface area contributed by atoms with Crippen molar-refractivity contribution in [3.8, 4) is 22.6 Å². The summed E-state index contributed by atoms with van der Waals surface area (Å²) in [6.07, 6.45) is -2.79. The number of nitrogens with zero attached hydrogens (tertiary/aromatic N) is 5. The molecule has 0 unspecified atom stereocenters. The van der Waals surface area contributed by atoms with Crippen LogP contribution in [0.2, 0.25) is 0 Å². The van der Waals surface area contributed by atoms with Crippen molar-refractivity contribution in [1.82, 2.24) is 30.0 Å². The zero-order valence-corrected chi connectivity index (χ0v) is 18.8. The summed E-state index contributed by atoms with van der Waals surface area (Å²) < 4.78 is 38.4. The molecule has 4 aromatic rings. The Morgan fingerprint density at radius 3 is 2.31 bits per heavy atom.